The number of rotatable bonds is 4. The molecule has 0 radical (unpaired) electrons. The van der Waals surface area contributed by atoms with Gasteiger partial charge in [-0.1, -0.05) is 53.7 Å². The van der Waals surface area contributed by atoms with Gasteiger partial charge in [-0.05, 0) is 73.1 Å². The summed E-state index contributed by atoms with van der Waals surface area (Å²) in [7, 11) is 0. The van der Waals surface area contributed by atoms with E-state index >= 15 is 0 Å². The highest BCUT2D eigenvalue weighted by molar-refractivity contribution is 5.85. The zero-order valence-electron chi connectivity index (χ0n) is 25.5. The normalized spacial score (nSPS) is 12.6. The smallest absolute Gasteiger partial charge is 0.428 e. The molecule has 42 heavy (non-hydrogen) atoms. The van der Waals surface area contributed by atoms with E-state index in [1.807, 2.05) is 36.4 Å². The number of aldehydes is 1. The summed E-state index contributed by atoms with van der Waals surface area (Å²) < 4.78 is 11.1. The van der Waals surface area contributed by atoms with Gasteiger partial charge in [0.2, 0.25) is 0 Å². The summed E-state index contributed by atoms with van der Waals surface area (Å²) in [5, 5.41) is 18.5. The Bertz CT molecular complexity index is 1830. The Morgan fingerprint density at radius 3 is 1.60 bits per heavy atom. The molecule has 218 valence electrons. The molecular formula is C32H36N6O4. The molecule has 5 rings (SSSR count). The van der Waals surface area contributed by atoms with Crippen LogP contribution >= 0.6 is 0 Å². The molecule has 0 atom stereocenters. The number of hydrogen-bond donors (Lipinski definition) is 0. The first-order valence-electron chi connectivity index (χ1n) is 13.8. The second-order valence-electron chi connectivity index (χ2n) is 13.4. The Labute approximate surface area is 244 Å². The molecule has 0 fully saturated rings. The molecule has 0 amide bonds. The maximum atomic E-state index is 12.8. The Kier molecular flexibility index (Phi) is 6.91. The summed E-state index contributed by atoms with van der Waals surface area (Å²) in [6.07, 6.45) is -0.209. The summed E-state index contributed by atoms with van der Waals surface area (Å²) in [4.78, 5) is 27.9. The third-order valence-corrected chi connectivity index (χ3v) is 6.74. The van der Waals surface area contributed by atoms with Crippen molar-refractivity contribution in [2.45, 2.75) is 78.7 Å². The molecule has 0 spiro atoms. The first kappa shape index (κ1) is 28.9. The summed E-state index contributed by atoms with van der Waals surface area (Å²) in [5.74, 6) is 0.0814. The van der Waals surface area contributed by atoms with Gasteiger partial charge in [-0.3, -0.25) is 4.79 Å². The fourth-order valence-corrected chi connectivity index (χ4v) is 4.42. The average Bonchev–Trinajstić information content (AvgIpc) is 3.49. The summed E-state index contributed by atoms with van der Waals surface area (Å²) >= 11 is 0. The lowest BCUT2D eigenvalue weighted by molar-refractivity contribution is 0.0205. The zero-order valence-corrected chi connectivity index (χ0v) is 25.5. The molecule has 3 aromatic carbocycles. The molecular weight excluding hydrogens is 532 g/mol. The number of hydrogen-bond acceptors (Lipinski definition) is 8. The summed E-state index contributed by atoms with van der Waals surface area (Å²) in [5.41, 5.74) is 4.79. The van der Waals surface area contributed by atoms with Crippen LogP contribution in [0.2, 0.25) is 0 Å². The third-order valence-electron chi connectivity index (χ3n) is 6.74. The van der Waals surface area contributed by atoms with Gasteiger partial charge in [0.1, 0.15) is 39.0 Å². The van der Waals surface area contributed by atoms with Crippen LogP contribution in [0.4, 0.5) is 4.79 Å². The van der Waals surface area contributed by atoms with E-state index in [2.05, 4.69) is 61.9 Å². The van der Waals surface area contributed by atoms with Crippen molar-refractivity contribution >= 4 is 34.5 Å². The number of nitrogens with zero attached hydrogens (tertiary/aromatic N) is 6. The minimum Gasteiger partial charge on any atom is -0.428 e. The number of carbonyl (C=O) groups excluding carboxylic acids is 2. The van der Waals surface area contributed by atoms with E-state index < -0.39 is 11.8 Å². The first-order valence-corrected chi connectivity index (χ1v) is 13.8. The molecule has 0 bridgehead atoms. The standard InChI is InChI=1S/C32H36N6O4/c1-30(2,3)20-10-12-22-24(15-20)35-37(33-22)26-17-28(41-29(40)42-32(7,8)9)27(14-19(26)18-39)38-34-23-13-11-21(31(4,5)6)16-25(23)36-38/h10-18H,1-9H3. The van der Waals surface area contributed by atoms with E-state index in [1.165, 1.54) is 15.7 Å². The number of carbonyl (C=O) groups is 2. The van der Waals surface area contributed by atoms with Crippen molar-refractivity contribution in [3.63, 3.8) is 0 Å². The van der Waals surface area contributed by atoms with E-state index in [-0.39, 0.29) is 27.8 Å². The summed E-state index contributed by atoms with van der Waals surface area (Å²) in [6.45, 7) is 18.0. The molecule has 0 aliphatic heterocycles. The number of aromatic nitrogens is 6. The van der Waals surface area contributed by atoms with Crippen molar-refractivity contribution < 1.29 is 19.1 Å². The second-order valence-corrected chi connectivity index (χ2v) is 13.4. The molecule has 0 N–H and O–H groups in total. The molecule has 0 aliphatic rings. The molecule has 2 aromatic heterocycles. The molecule has 10 nitrogen and oxygen atoms in total. The average molecular weight is 569 g/mol. The lowest BCUT2D eigenvalue weighted by Crippen LogP contribution is -2.26. The monoisotopic (exact) mass is 568 g/mol. The number of fused-ring (bicyclic) bond motifs is 2. The van der Waals surface area contributed by atoms with Gasteiger partial charge in [-0.25, -0.2) is 4.79 Å². The lowest BCUT2D eigenvalue weighted by Gasteiger charge is -2.19. The fourth-order valence-electron chi connectivity index (χ4n) is 4.42. The number of benzene rings is 3. The highest BCUT2D eigenvalue weighted by atomic mass is 16.7. The van der Waals surface area contributed by atoms with Gasteiger partial charge in [0, 0.05) is 11.6 Å². The maximum absolute atomic E-state index is 12.8. The van der Waals surface area contributed by atoms with Crippen molar-refractivity contribution in [1.82, 2.24) is 30.0 Å². The quantitative estimate of drug-likeness (QED) is 0.131. The molecule has 0 unspecified atom stereocenters. The van der Waals surface area contributed by atoms with Crippen molar-refractivity contribution in [3.8, 4) is 17.1 Å². The van der Waals surface area contributed by atoms with E-state index in [0.29, 0.717) is 34.0 Å². The van der Waals surface area contributed by atoms with Gasteiger partial charge >= 0.3 is 6.16 Å². The van der Waals surface area contributed by atoms with Crippen LogP contribution in [0.1, 0.15) is 83.8 Å². The van der Waals surface area contributed by atoms with Gasteiger partial charge in [-0.2, -0.15) is 0 Å². The predicted octanol–water partition coefficient (Wildman–Crippen LogP) is 6.88. The SMILES string of the molecule is CC(C)(C)OC(=O)Oc1cc(-n2nc3ccc(C(C)(C)C)cc3n2)c(C=O)cc1-n1nc2ccc(C(C)(C)C)cc2n1. The van der Waals surface area contributed by atoms with Crippen molar-refractivity contribution in [2.24, 2.45) is 0 Å². The Morgan fingerprint density at radius 1 is 0.667 bits per heavy atom. The third kappa shape index (κ3) is 5.88. The molecule has 0 saturated heterocycles. The van der Waals surface area contributed by atoms with Crippen molar-refractivity contribution in [2.75, 3.05) is 0 Å². The highest BCUT2D eigenvalue weighted by Crippen LogP contribution is 2.32. The van der Waals surface area contributed by atoms with Crippen LogP contribution in [0.15, 0.2) is 48.5 Å². The van der Waals surface area contributed by atoms with Crippen molar-refractivity contribution in [1.29, 1.82) is 0 Å². The van der Waals surface area contributed by atoms with Crippen LogP contribution in [0, 0.1) is 0 Å². The van der Waals surface area contributed by atoms with Gasteiger partial charge in [0.25, 0.3) is 0 Å². The Morgan fingerprint density at radius 2 is 1.14 bits per heavy atom. The lowest BCUT2D eigenvalue weighted by atomic mass is 9.87. The maximum Gasteiger partial charge on any atom is 0.514 e. The van der Waals surface area contributed by atoms with Gasteiger partial charge in [-0.15, -0.1) is 30.0 Å². The van der Waals surface area contributed by atoms with E-state index in [9.17, 15) is 9.59 Å². The zero-order chi connectivity index (χ0) is 30.6. The molecule has 2 heterocycles. The molecule has 5 aromatic rings. The van der Waals surface area contributed by atoms with Crippen LogP contribution < -0.4 is 4.74 Å². The minimum atomic E-state index is -0.909. The highest BCUT2D eigenvalue weighted by Gasteiger charge is 2.24. The van der Waals surface area contributed by atoms with E-state index in [1.54, 1.807) is 26.8 Å². The Balaban J connectivity index is 1.66. The van der Waals surface area contributed by atoms with E-state index in [4.69, 9.17) is 9.47 Å². The Hall–Kier alpha value is -4.60. The predicted molar refractivity (Wildman–Crippen MR) is 161 cm³/mol. The van der Waals surface area contributed by atoms with E-state index in [0.717, 1.165) is 11.1 Å². The van der Waals surface area contributed by atoms with Crippen LogP contribution in [0.25, 0.3) is 33.4 Å². The van der Waals surface area contributed by atoms with Crippen molar-refractivity contribution in [3.05, 3.63) is 65.2 Å². The fraction of sp³-hybridized carbons (Fsp3) is 0.375. The summed E-state index contributed by atoms with van der Waals surface area (Å²) in [6, 6.07) is 14.9. The largest absolute Gasteiger partial charge is 0.514 e. The van der Waals surface area contributed by atoms with Crippen LogP contribution in [0.5, 0.6) is 5.75 Å². The first-order chi connectivity index (χ1) is 19.5. The van der Waals surface area contributed by atoms with Gasteiger partial charge < -0.3 is 9.47 Å². The number of ether oxygens (including phenoxy) is 2. The molecule has 0 saturated carbocycles. The van der Waals surface area contributed by atoms with Crippen LogP contribution in [-0.2, 0) is 15.6 Å². The molecule has 10 heteroatoms. The molecule has 0 aliphatic carbocycles. The van der Waals surface area contributed by atoms with Gasteiger partial charge in [0.05, 0.1) is 0 Å². The van der Waals surface area contributed by atoms with Gasteiger partial charge in [0.15, 0.2) is 12.0 Å². The van der Waals surface area contributed by atoms with Crippen LogP contribution in [0.3, 0.4) is 0 Å². The second kappa shape index (κ2) is 10.0. The topological polar surface area (TPSA) is 114 Å². The minimum absolute atomic E-state index is 0.0735. The van der Waals surface area contributed by atoms with Crippen LogP contribution in [-0.4, -0.2) is 48.0 Å².